The molecule has 0 N–H and O–H groups in total. The van der Waals surface area contributed by atoms with E-state index < -0.39 is 5.41 Å². The van der Waals surface area contributed by atoms with Gasteiger partial charge in [0, 0.05) is 25.8 Å². The van der Waals surface area contributed by atoms with Crippen molar-refractivity contribution < 1.29 is 4.74 Å². The van der Waals surface area contributed by atoms with E-state index in [9.17, 15) is 5.26 Å². The molecule has 1 aromatic rings. The van der Waals surface area contributed by atoms with E-state index in [4.69, 9.17) is 4.74 Å². The van der Waals surface area contributed by atoms with Crippen molar-refractivity contribution in [2.75, 3.05) is 32.8 Å². The average molecular weight is 287 g/mol. The van der Waals surface area contributed by atoms with Gasteiger partial charge in [-0.15, -0.1) is 0 Å². The Morgan fingerprint density at radius 2 is 2.14 bits per heavy atom. The normalized spacial score (nSPS) is 19.1. The van der Waals surface area contributed by atoms with Gasteiger partial charge < -0.3 is 4.74 Å². The largest absolute Gasteiger partial charge is 0.379 e. The zero-order chi connectivity index (χ0) is 15.1. The molecule has 2 heterocycles. The lowest BCUT2D eigenvalue weighted by molar-refractivity contribution is 0.0349. The Hall–Kier alpha value is -1.44. The van der Waals surface area contributed by atoms with Gasteiger partial charge in [-0.1, -0.05) is 19.9 Å². The van der Waals surface area contributed by atoms with Crippen molar-refractivity contribution in [1.29, 1.82) is 5.26 Å². The van der Waals surface area contributed by atoms with Gasteiger partial charge in [0.15, 0.2) is 0 Å². The summed E-state index contributed by atoms with van der Waals surface area (Å²) in [5.74, 6) is 0.469. The molecule has 0 amide bonds. The predicted molar refractivity (Wildman–Crippen MR) is 82.9 cm³/mol. The van der Waals surface area contributed by atoms with Gasteiger partial charge in [0.2, 0.25) is 0 Å². The number of nitrogens with zero attached hydrogens (tertiary/aromatic N) is 3. The molecule has 1 saturated heterocycles. The van der Waals surface area contributed by atoms with Crippen LogP contribution >= 0.6 is 0 Å². The van der Waals surface area contributed by atoms with Crippen molar-refractivity contribution in [3.63, 3.8) is 0 Å². The summed E-state index contributed by atoms with van der Waals surface area (Å²) in [7, 11) is 0. The summed E-state index contributed by atoms with van der Waals surface area (Å²) in [5, 5.41) is 9.88. The zero-order valence-corrected chi connectivity index (χ0v) is 13.1. The molecule has 0 bridgehead atoms. The number of aromatic nitrogens is 1. The van der Waals surface area contributed by atoms with Crippen LogP contribution in [0.25, 0.3) is 0 Å². The van der Waals surface area contributed by atoms with E-state index in [1.165, 1.54) is 0 Å². The van der Waals surface area contributed by atoms with Crippen LogP contribution in [-0.4, -0.2) is 42.7 Å². The molecule has 2 rings (SSSR count). The lowest BCUT2D eigenvalue weighted by Crippen LogP contribution is -2.40. The summed E-state index contributed by atoms with van der Waals surface area (Å²) in [6.07, 6.45) is 3.47. The molecule has 114 valence electrons. The quantitative estimate of drug-likeness (QED) is 0.807. The van der Waals surface area contributed by atoms with Gasteiger partial charge in [-0.05, 0) is 30.9 Å². The maximum atomic E-state index is 9.88. The highest BCUT2D eigenvalue weighted by Crippen LogP contribution is 2.33. The zero-order valence-electron chi connectivity index (χ0n) is 13.1. The van der Waals surface area contributed by atoms with Crippen LogP contribution in [0.1, 0.15) is 32.4 Å². The first-order valence-corrected chi connectivity index (χ1v) is 7.79. The van der Waals surface area contributed by atoms with Crippen molar-refractivity contribution in [1.82, 2.24) is 9.88 Å². The summed E-state index contributed by atoms with van der Waals surface area (Å²) >= 11 is 0. The van der Waals surface area contributed by atoms with E-state index in [-0.39, 0.29) is 0 Å². The molecule has 0 saturated carbocycles. The number of pyridine rings is 1. The highest BCUT2D eigenvalue weighted by molar-refractivity contribution is 5.26. The van der Waals surface area contributed by atoms with E-state index in [1.54, 1.807) is 6.20 Å². The molecule has 0 aliphatic carbocycles. The molecule has 1 aromatic heterocycles. The SMILES string of the molecule is CC(C)C[C@@](C#N)(CCN1CCOCC1)c1ccccn1. The molecule has 1 aliphatic rings. The lowest BCUT2D eigenvalue weighted by atomic mass is 9.75. The van der Waals surface area contributed by atoms with Crippen molar-refractivity contribution in [2.24, 2.45) is 5.92 Å². The second-order valence-corrected chi connectivity index (χ2v) is 6.21. The third-order valence-corrected chi connectivity index (χ3v) is 4.08. The van der Waals surface area contributed by atoms with Gasteiger partial charge in [-0.25, -0.2) is 0 Å². The van der Waals surface area contributed by atoms with Gasteiger partial charge >= 0.3 is 0 Å². The first-order chi connectivity index (χ1) is 10.2. The average Bonchev–Trinajstić information content (AvgIpc) is 2.53. The highest BCUT2D eigenvalue weighted by Gasteiger charge is 2.35. The van der Waals surface area contributed by atoms with E-state index in [0.29, 0.717) is 5.92 Å². The fraction of sp³-hybridized carbons (Fsp3) is 0.647. The monoisotopic (exact) mass is 287 g/mol. The Kier molecular flexibility index (Phi) is 5.72. The van der Waals surface area contributed by atoms with Crippen LogP contribution in [0.5, 0.6) is 0 Å². The minimum absolute atomic E-state index is 0.469. The number of hydrogen-bond acceptors (Lipinski definition) is 4. The first kappa shape index (κ1) is 15.9. The van der Waals surface area contributed by atoms with Gasteiger partial charge in [0.1, 0.15) is 5.41 Å². The highest BCUT2D eigenvalue weighted by atomic mass is 16.5. The maximum absolute atomic E-state index is 9.88. The molecule has 4 nitrogen and oxygen atoms in total. The van der Waals surface area contributed by atoms with Crippen LogP contribution in [0.15, 0.2) is 24.4 Å². The van der Waals surface area contributed by atoms with E-state index >= 15 is 0 Å². The fourth-order valence-corrected chi connectivity index (χ4v) is 3.01. The molecule has 0 unspecified atom stereocenters. The van der Waals surface area contributed by atoms with Crippen LogP contribution in [0.2, 0.25) is 0 Å². The number of rotatable bonds is 6. The molecule has 0 spiro atoms. The number of nitriles is 1. The number of hydrogen-bond donors (Lipinski definition) is 0. The summed E-state index contributed by atoms with van der Waals surface area (Å²) in [6, 6.07) is 8.45. The number of morpholine rings is 1. The topological polar surface area (TPSA) is 49.2 Å². The van der Waals surface area contributed by atoms with Crippen molar-refractivity contribution >= 4 is 0 Å². The molecule has 1 fully saturated rings. The van der Waals surface area contributed by atoms with E-state index in [0.717, 1.165) is 51.4 Å². The summed E-state index contributed by atoms with van der Waals surface area (Å²) in [6.45, 7) is 8.80. The van der Waals surface area contributed by atoms with Crippen molar-refractivity contribution in [3.05, 3.63) is 30.1 Å². The maximum Gasteiger partial charge on any atom is 0.101 e. The van der Waals surface area contributed by atoms with Gasteiger partial charge in [0.05, 0.1) is 25.0 Å². The Bertz CT molecular complexity index is 463. The predicted octanol–water partition coefficient (Wildman–Crippen LogP) is 2.61. The van der Waals surface area contributed by atoms with Crippen molar-refractivity contribution in [2.45, 2.75) is 32.1 Å². The van der Waals surface area contributed by atoms with E-state index in [1.807, 2.05) is 18.2 Å². The molecule has 0 aromatic carbocycles. The Labute approximate surface area is 127 Å². The van der Waals surface area contributed by atoms with Crippen LogP contribution in [0, 0.1) is 17.2 Å². The van der Waals surface area contributed by atoms with Crippen LogP contribution in [-0.2, 0) is 10.2 Å². The van der Waals surface area contributed by atoms with Crippen LogP contribution in [0.4, 0.5) is 0 Å². The minimum Gasteiger partial charge on any atom is -0.379 e. The summed E-state index contributed by atoms with van der Waals surface area (Å²) < 4.78 is 5.39. The Morgan fingerprint density at radius 3 is 2.71 bits per heavy atom. The molecule has 1 aliphatic heterocycles. The third kappa shape index (κ3) is 4.26. The Morgan fingerprint density at radius 1 is 1.38 bits per heavy atom. The smallest absolute Gasteiger partial charge is 0.101 e. The van der Waals surface area contributed by atoms with Crippen LogP contribution < -0.4 is 0 Å². The second-order valence-electron chi connectivity index (χ2n) is 6.21. The Balaban J connectivity index is 2.13. The minimum atomic E-state index is -0.478. The summed E-state index contributed by atoms with van der Waals surface area (Å²) in [4.78, 5) is 6.86. The lowest BCUT2D eigenvalue weighted by Gasteiger charge is -2.32. The molecule has 4 heteroatoms. The molecule has 1 atom stereocenters. The number of ether oxygens (including phenoxy) is 1. The molecule has 21 heavy (non-hydrogen) atoms. The van der Waals surface area contributed by atoms with Gasteiger partial charge in [-0.3, -0.25) is 9.88 Å². The molecular weight excluding hydrogens is 262 g/mol. The second kappa shape index (κ2) is 7.53. The van der Waals surface area contributed by atoms with Crippen molar-refractivity contribution in [3.8, 4) is 6.07 Å². The standard InChI is InChI=1S/C17H25N3O/c1-15(2)13-17(14-18,16-5-3-4-7-19-16)6-8-20-9-11-21-12-10-20/h3-5,7,15H,6,8-13H2,1-2H3/t17-/m1/s1. The van der Waals surface area contributed by atoms with E-state index in [2.05, 4.69) is 29.8 Å². The first-order valence-electron chi connectivity index (χ1n) is 7.79. The third-order valence-electron chi connectivity index (χ3n) is 4.08. The fourth-order valence-electron chi connectivity index (χ4n) is 3.01. The van der Waals surface area contributed by atoms with Gasteiger partial charge in [-0.2, -0.15) is 5.26 Å². The molecular formula is C17H25N3O. The molecule has 0 radical (unpaired) electrons. The van der Waals surface area contributed by atoms with Gasteiger partial charge in [0.25, 0.3) is 0 Å². The summed E-state index contributed by atoms with van der Waals surface area (Å²) in [5.41, 5.74) is 0.433. The van der Waals surface area contributed by atoms with Crippen LogP contribution in [0.3, 0.4) is 0 Å².